The molecule has 5 heteroatoms. The molecule has 0 bridgehead atoms. The van der Waals surface area contributed by atoms with Crippen LogP contribution in [0.1, 0.15) is 66.7 Å². The van der Waals surface area contributed by atoms with E-state index in [1.54, 1.807) is 4.57 Å². The Bertz CT molecular complexity index is 1400. The van der Waals surface area contributed by atoms with Gasteiger partial charge in [-0.2, -0.15) is 0 Å². The first-order chi connectivity index (χ1) is 18.2. The minimum absolute atomic E-state index is 0.0849. The van der Waals surface area contributed by atoms with Gasteiger partial charge in [0.2, 0.25) is 0 Å². The maximum Gasteiger partial charge on any atom is 0.263 e. The molecule has 3 aromatic carbocycles. The normalized spacial score (nSPS) is 15.3. The Hall–Kier alpha value is -3.70. The lowest BCUT2D eigenvalue weighted by Gasteiger charge is -2.26. The van der Waals surface area contributed by atoms with Crippen LogP contribution in [0.4, 0.5) is 0 Å². The van der Waals surface area contributed by atoms with Gasteiger partial charge in [-0.05, 0) is 56.1 Å². The molecule has 0 radical (unpaired) electrons. The summed E-state index contributed by atoms with van der Waals surface area (Å²) in [5.41, 5.74) is 3.13. The molecule has 5 nitrogen and oxygen atoms in total. The fourth-order valence-corrected chi connectivity index (χ4v) is 5.49. The number of aromatic nitrogens is 1. The highest BCUT2D eigenvalue weighted by atomic mass is 16.2. The number of nitrogens with zero attached hydrogens (tertiary/aromatic N) is 2. The molecule has 1 fully saturated rings. The summed E-state index contributed by atoms with van der Waals surface area (Å²) in [5.74, 6) is -0.138. The minimum atomic E-state index is -0.138. The number of hydrogen-bond donors (Lipinski definition) is 1. The van der Waals surface area contributed by atoms with Crippen molar-refractivity contribution in [2.75, 3.05) is 13.1 Å². The van der Waals surface area contributed by atoms with Gasteiger partial charge in [0.25, 0.3) is 11.5 Å². The maximum atomic E-state index is 14.2. The topological polar surface area (TPSA) is 54.3 Å². The summed E-state index contributed by atoms with van der Waals surface area (Å²) in [6.07, 6.45) is 5.49. The van der Waals surface area contributed by atoms with Crippen LogP contribution < -0.4 is 10.9 Å². The van der Waals surface area contributed by atoms with Crippen LogP contribution in [-0.4, -0.2) is 28.5 Å². The number of likely N-dealkylation sites (tertiary alicyclic amines) is 1. The highest BCUT2D eigenvalue weighted by Gasteiger charge is 2.26. The van der Waals surface area contributed by atoms with E-state index in [1.165, 1.54) is 12.8 Å². The van der Waals surface area contributed by atoms with Gasteiger partial charge in [-0.1, -0.05) is 86.5 Å². The number of para-hydroxylation sites is 1. The molecule has 5 rings (SSSR count). The van der Waals surface area contributed by atoms with Crippen molar-refractivity contribution < 1.29 is 4.79 Å². The van der Waals surface area contributed by atoms with E-state index in [9.17, 15) is 9.59 Å². The predicted molar refractivity (Wildman–Crippen MR) is 150 cm³/mol. The Kier molecular flexibility index (Phi) is 7.81. The molecule has 1 aliphatic heterocycles. The van der Waals surface area contributed by atoms with Gasteiger partial charge in [0.15, 0.2) is 0 Å². The fourth-order valence-electron chi connectivity index (χ4n) is 5.49. The van der Waals surface area contributed by atoms with Gasteiger partial charge in [-0.25, -0.2) is 0 Å². The Balaban J connectivity index is 1.70. The van der Waals surface area contributed by atoms with E-state index in [1.807, 2.05) is 72.8 Å². The number of rotatable bonds is 7. The van der Waals surface area contributed by atoms with Gasteiger partial charge in [-0.3, -0.25) is 19.1 Å². The third kappa shape index (κ3) is 5.37. The molecule has 1 saturated heterocycles. The largest absolute Gasteiger partial charge is 0.345 e. The first-order valence-electron chi connectivity index (χ1n) is 13.5. The zero-order valence-corrected chi connectivity index (χ0v) is 21.5. The third-order valence-corrected chi connectivity index (χ3v) is 7.42. The molecule has 0 saturated carbocycles. The Morgan fingerprint density at radius 2 is 1.41 bits per heavy atom. The van der Waals surface area contributed by atoms with Crippen molar-refractivity contribution in [1.29, 1.82) is 0 Å². The van der Waals surface area contributed by atoms with Crippen molar-refractivity contribution in [2.45, 2.75) is 51.6 Å². The molecule has 190 valence electrons. The number of carbonyl (C=O) groups is 1. The van der Waals surface area contributed by atoms with E-state index >= 15 is 0 Å². The van der Waals surface area contributed by atoms with E-state index in [4.69, 9.17) is 0 Å². The highest BCUT2D eigenvalue weighted by Crippen LogP contribution is 2.26. The van der Waals surface area contributed by atoms with Gasteiger partial charge in [0.05, 0.1) is 17.3 Å². The molecule has 1 N–H and O–H groups in total. The van der Waals surface area contributed by atoms with Gasteiger partial charge < -0.3 is 5.32 Å². The molecule has 0 unspecified atom stereocenters. The summed E-state index contributed by atoms with van der Waals surface area (Å²) >= 11 is 0. The predicted octanol–water partition coefficient (Wildman–Crippen LogP) is 6.25. The van der Waals surface area contributed by atoms with Crippen molar-refractivity contribution in [3.63, 3.8) is 0 Å². The monoisotopic (exact) mass is 493 g/mol. The second-order valence-electron chi connectivity index (χ2n) is 9.88. The van der Waals surface area contributed by atoms with Gasteiger partial charge in [0, 0.05) is 23.0 Å². The van der Waals surface area contributed by atoms with Crippen molar-refractivity contribution in [3.05, 3.63) is 112 Å². The number of hydrogen-bond acceptors (Lipinski definition) is 3. The molecule has 1 amide bonds. The fraction of sp³-hybridized carbons (Fsp3) is 0.312. The third-order valence-electron chi connectivity index (χ3n) is 7.42. The first-order valence-corrected chi connectivity index (χ1v) is 13.5. The molecule has 37 heavy (non-hydrogen) atoms. The average Bonchev–Trinajstić information content (AvgIpc) is 3.21. The van der Waals surface area contributed by atoms with E-state index in [0.717, 1.165) is 49.3 Å². The van der Waals surface area contributed by atoms with Gasteiger partial charge in [0.1, 0.15) is 0 Å². The van der Waals surface area contributed by atoms with Gasteiger partial charge in [-0.15, -0.1) is 0 Å². The standard InChI is InChI=1S/C32H35N3O2/c1-2-28(24-15-7-5-8-16-24)33-31(36)30-26-19-11-12-20-27(26)32(37)35(25-17-9-6-10-18-25)29(30)23-34-21-13-3-4-14-22-34/h5-12,15-20,28H,2-4,13-14,21-23H2,1H3,(H,33,36)/t28-/m0/s1. The number of benzene rings is 3. The van der Waals surface area contributed by atoms with E-state index in [-0.39, 0.29) is 17.5 Å². The smallest absolute Gasteiger partial charge is 0.263 e. The quantitative estimate of drug-likeness (QED) is 0.331. The van der Waals surface area contributed by atoms with Crippen molar-refractivity contribution in [3.8, 4) is 5.69 Å². The van der Waals surface area contributed by atoms with Crippen LogP contribution in [0.2, 0.25) is 0 Å². The van der Waals surface area contributed by atoms with E-state index < -0.39 is 0 Å². The zero-order chi connectivity index (χ0) is 25.6. The SMILES string of the molecule is CC[C@H](NC(=O)c1c(CN2CCCCCC2)n(-c2ccccc2)c(=O)c2ccccc12)c1ccccc1. The van der Waals surface area contributed by atoms with Crippen molar-refractivity contribution in [1.82, 2.24) is 14.8 Å². The van der Waals surface area contributed by atoms with Crippen LogP contribution in [-0.2, 0) is 6.54 Å². The van der Waals surface area contributed by atoms with E-state index in [0.29, 0.717) is 22.9 Å². The molecule has 1 atom stereocenters. The van der Waals surface area contributed by atoms with Crippen molar-refractivity contribution in [2.24, 2.45) is 0 Å². The summed E-state index contributed by atoms with van der Waals surface area (Å²) in [6.45, 7) is 4.58. The number of pyridine rings is 1. The maximum absolute atomic E-state index is 14.2. The molecule has 1 aromatic heterocycles. The summed E-state index contributed by atoms with van der Waals surface area (Å²) in [7, 11) is 0. The van der Waals surface area contributed by atoms with Crippen molar-refractivity contribution >= 4 is 16.7 Å². The van der Waals surface area contributed by atoms with Crippen LogP contribution in [0.25, 0.3) is 16.5 Å². The molecule has 4 aromatic rings. The van der Waals surface area contributed by atoms with E-state index in [2.05, 4.69) is 29.3 Å². The lowest BCUT2D eigenvalue weighted by atomic mass is 9.99. The lowest BCUT2D eigenvalue weighted by Crippen LogP contribution is -2.35. The molecule has 0 spiro atoms. The second kappa shape index (κ2) is 11.6. The Labute approximate surface area is 218 Å². The lowest BCUT2D eigenvalue weighted by molar-refractivity contribution is 0.0934. The molecule has 2 heterocycles. The molecule has 0 aliphatic carbocycles. The van der Waals surface area contributed by atoms with Crippen LogP contribution in [0.15, 0.2) is 89.7 Å². The number of amides is 1. The summed E-state index contributed by atoms with van der Waals surface area (Å²) in [4.78, 5) is 30.5. The summed E-state index contributed by atoms with van der Waals surface area (Å²) < 4.78 is 1.77. The zero-order valence-electron chi connectivity index (χ0n) is 21.5. The van der Waals surface area contributed by atoms with Crippen LogP contribution in [0.5, 0.6) is 0 Å². The van der Waals surface area contributed by atoms with Crippen LogP contribution in [0.3, 0.4) is 0 Å². The average molecular weight is 494 g/mol. The molecular formula is C32H35N3O2. The second-order valence-corrected chi connectivity index (χ2v) is 9.88. The first kappa shape index (κ1) is 25.0. The number of nitrogens with one attached hydrogen (secondary N) is 1. The molecular weight excluding hydrogens is 458 g/mol. The highest BCUT2D eigenvalue weighted by molar-refractivity contribution is 6.08. The molecule has 1 aliphatic rings. The minimum Gasteiger partial charge on any atom is -0.345 e. The van der Waals surface area contributed by atoms with Crippen LogP contribution in [0, 0.1) is 0 Å². The Morgan fingerprint density at radius 3 is 2.05 bits per heavy atom. The number of fused-ring (bicyclic) bond motifs is 1. The summed E-state index contributed by atoms with van der Waals surface area (Å²) in [5, 5.41) is 4.58. The van der Waals surface area contributed by atoms with Gasteiger partial charge >= 0.3 is 0 Å². The van der Waals surface area contributed by atoms with Crippen LogP contribution >= 0.6 is 0 Å². The number of carbonyl (C=O) groups excluding carboxylic acids is 1. The Morgan fingerprint density at radius 1 is 0.811 bits per heavy atom. The summed E-state index contributed by atoms with van der Waals surface area (Å²) in [6, 6.07) is 27.2.